The summed E-state index contributed by atoms with van der Waals surface area (Å²) in [6, 6.07) is 20.4. The molecule has 0 saturated heterocycles. The Balaban J connectivity index is 1.42. The number of anilines is 2. The molecule has 182 valence electrons. The largest absolute Gasteiger partial charge is 0.479 e. The van der Waals surface area contributed by atoms with Crippen LogP contribution in [-0.2, 0) is 16.0 Å². The first-order chi connectivity index (χ1) is 17.4. The number of fused-ring (bicyclic) bond motifs is 1. The lowest BCUT2D eigenvalue weighted by Gasteiger charge is -2.36. The molecule has 2 amide bonds. The average Bonchev–Trinajstić information content (AvgIpc) is 3.34. The molecule has 1 aromatic heterocycles. The van der Waals surface area contributed by atoms with E-state index in [1.54, 1.807) is 31.3 Å². The summed E-state index contributed by atoms with van der Waals surface area (Å²) in [5, 5.41) is 5.73. The second-order valence-electron chi connectivity index (χ2n) is 8.61. The summed E-state index contributed by atoms with van der Waals surface area (Å²) in [5.74, 6) is -0.579. The normalized spacial score (nSPS) is 15.7. The standard InChI is InChI=1S/C28H24FN3O3S/c1-17(27(33)30-22-11-9-21(29)10-12-22)32-24-15-20(8-13-25(24)35-18(2)28(32)34)23-16-36-26(31-23)14-19-6-4-3-5-7-19/h3-13,15-18H,14H2,1-2H3,(H,30,33). The number of thiazole rings is 1. The fourth-order valence-electron chi connectivity index (χ4n) is 4.11. The number of carbonyl (C=O) groups is 2. The Morgan fingerprint density at radius 3 is 2.64 bits per heavy atom. The molecule has 36 heavy (non-hydrogen) atoms. The molecule has 4 aromatic rings. The Morgan fingerprint density at radius 1 is 1.14 bits per heavy atom. The Hall–Kier alpha value is -4.04. The third kappa shape index (κ3) is 4.85. The van der Waals surface area contributed by atoms with Crippen molar-refractivity contribution in [2.45, 2.75) is 32.4 Å². The third-order valence-electron chi connectivity index (χ3n) is 6.03. The van der Waals surface area contributed by atoms with Gasteiger partial charge in [-0.3, -0.25) is 14.5 Å². The fraction of sp³-hybridized carbons (Fsp3) is 0.179. The Morgan fingerprint density at radius 2 is 1.89 bits per heavy atom. The fourth-order valence-corrected chi connectivity index (χ4v) is 4.95. The molecule has 6 nitrogen and oxygen atoms in total. The van der Waals surface area contributed by atoms with Crippen molar-refractivity contribution in [1.29, 1.82) is 0 Å². The maximum atomic E-state index is 13.2. The zero-order chi connectivity index (χ0) is 25.2. The van der Waals surface area contributed by atoms with Gasteiger partial charge >= 0.3 is 0 Å². The minimum absolute atomic E-state index is 0.315. The zero-order valence-corrected chi connectivity index (χ0v) is 20.6. The van der Waals surface area contributed by atoms with Crippen molar-refractivity contribution in [2.24, 2.45) is 0 Å². The molecular formula is C28H24FN3O3S. The van der Waals surface area contributed by atoms with E-state index in [-0.39, 0.29) is 11.8 Å². The number of ether oxygens (including phenoxy) is 1. The van der Waals surface area contributed by atoms with Gasteiger partial charge in [-0.05, 0) is 61.9 Å². The SMILES string of the molecule is CC1Oc2ccc(-c3csc(Cc4ccccc4)n3)cc2N(C(C)C(=O)Nc2ccc(F)cc2)C1=O. The molecule has 2 heterocycles. The number of amides is 2. The van der Waals surface area contributed by atoms with Gasteiger partial charge in [0.15, 0.2) is 6.10 Å². The van der Waals surface area contributed by atoms with Gasteiger partial charge in [0.1, 0.15) is 17.6 Å². The third-order valence-corrected chi connectivity index (χ3v) is 6.88. The molecular weight excluding hydrogens is 477 g/mol. The van der Waals surface area contributed by atoms with E-state index in [9.17, 15) is 14.0 Å². The molecule has 0 fully saturated rings. The molecule has 1 aliphatic heterocycles. The van der Waals surface area contributed by atoms with Gasteiger partial charge in [0.25, 0.3) is 5.91 Å². The molecule has 0 spiro atoms. The molecule has 2 unspecified atom stereocenters. The number of benzene rings is 3. The van der Waals surface area contributed by atoms with Gasteiger partial charge in [0.2, 0.25) is 5.91 Å². The lowest BCUT2D eigenvalue weighted by molar-refractivity contribution is -0.128. The lowest BCUT2D eigenvalue weighted by atomic mass is 10.1. The summed E-state index contributed by atoms with van der Waals surface area (Å²) in [5.41, 5.74) is 3.76. The average molecular weight is 502 g/mol. The maximum Gasteiger partial charge on any atom is 0.268 e. The van der Waals surface area contributed by atoms with E-state index in [2.05, 4.69) is 17.4 Å². The van der Waals surface area contributed by atoms with Gasteiger partial charge in [-0.25, -0.2) is 9.37 Å². The van der Waals surface area contributed by atoms with Crippen LogP contribution in [0.15, 0.2) is 78.2 Å². The van der Waals surface area contributed by atoms with Gasteiger partial charge in [-0.1, -0.05) is 30.3 Å². The lowest BCUT2D eigenvalue weighted by Crippen LogP contribution is -2.52. The molecule has 3 aromatic carbocycles. The molecule has 2 atom stereocenters. The van der Waals surface area contributed by atoms with Gasteiger partial charge in [0, 0.05) is 23.1 Å². The summed E-state index contributed by atoms with van der Waals surface area (Å²) >= 11 is 1.58. The van der Waals surface area contributed by atoms with Crippen molar-refractivity contribution in [3.8, 4) is 17.0 Å². The number of carbonyl (C=O) groups excluding carboxylic acids is 2. The molecule has 0 bridgehead atoms. The van der Waals surface area contributed by atoms with Crippen LogP contribution < -0.4 is 15.0 Å². The number of nitrogens with one attached hydrogen (secondary N) is 1. The predicted molar refractivity (Wildman–Crippen MR) is 139 cm³/mol. The van der Waals surface area contributed by atoms with Gasteiger partial charge < -0.3 is 10.1 Å². The highest BCUT2D eigenvalue weighted by molar-refractivity contribution is 7.10. The minimum atomic E-state index is -0.827. The van der Waals surface area contributed by atoms with Crippen LogP contribution in [0.5, 0.6) is 5.75 Å². The van der Waals surface area contributed by atoms with Crippen molar-refractivity contribution < 1.29 is 18.7 Å². The van der Waals surface area contributed by atoms with E-state index in [0.717, 1.165) is 22.7 Å². The quantitative estimate of drug-likeness (QED) is 0.369. The van der Waals surface area contributed by atoms with Crippen LogP contribution in [0.2, 0.25) is 0 Å². The number of halogens is 1. The molecule has 8 heteroatoms. The first-order valence-electron chi connectivity index (χ1n) is 11.6. The van der Waals surface area contributed by atoms with E-state index in [1.807, 2.05) is 35.7 Å². The second kappa shape index (κ2) is 9.91. The van der Waals surface area contributed by atoms with Crippen LogP contribution in [0.4, 0.5) is 15.8 Å². The van der Waals surface area contributed by atoms with E-state index < -0.39 is 18.0 Å². The number of hydrogen-bond acceptors (Lipinski definition) is 5. The number of hydrogen-bond donors (Lipinski definition) is 1. The zero-order valence-electron chi connectivity index (χ0n) is 19.8. The Bertz CT molecular complexity index is 1410. The molecule has 1 aliphatic rings. The van der Waals surface area contributed by atoms with Gasteiger partial charge in [-0.2, -0.15) is 0 Å². The van der Waals surface area contributed by atoms with Crippen LogP contribution >= 0.6 is 11.3 Å². The number of rotatable bonds is 6. The summed E-state index contributed by atoms with van der Waals surface area (Å²) in [7, 11) is 0. The topological polar surface area (TPSA) is 71.5 Å². The number of aromatic nitrogens is 1. The van der Waals surface area contributed by atoms with Crippen molar-refractivity contribution in [1.82, 2.24) is 4.98 Å². The van der Waals surface area contributed by atoms with Gasteiger partial charge in [-0.15, -0.1) is 11.3 Å². The summed E-state index contributed by atoms with van der Waals surface area (Å²) in [6.45, 7) is 3.32. The summed E-state index contributed by atoms with van der Waals surface area (Å²) < 4.78 is 19.1. The smallest absolute Gasteiger partial charge is 0.268 e. The minimum Gasteiger partial charge on any atom is -0.479 e. The Kier molecular flexibility index (Phi) is 6.52. The van der Waals surface area contributed by atoms with E-state index in [1.165, 1.54) is 34.7 Å². The molecule has 5 rings (SSSR count). The van der Waals surface area contributed by atoms with Crippen LogP contribution in [0, 0.1) is 5.82 Å². The van der Waals surface area contributed by atoms with Crippen LogP contribution in [-0.4, -0.2) is 28.9 Å². The van der Waals surface area contributed by atoms with Crippen molar-refractivity contribution >= 4 is 34.5 Å². The summed E-state index contributed by atoms with van der Waals surface area (Å²) in [6.07, 6.45) is 0.00334. The van der Waals surface area contributed by atoms with Crippen molar-refractivity contribution in [2.75, 3.05) is 10.2 Å². The first kappa shape index (κ1) is 23.7. The first-order valence-corrected chi connectivity index (χ1v) is 12.5. The molecule has 1 N–H and O–H groups in total. The van der Waals surface area contributed by atoms with Crippen LogP contribution in [0.3, 0.4) is 0 Å². The van der Waals surface area contributed by atoms with E-state index in [0.29, 0.717) is 17.1 Å². The predicted octanol–water partition coefficient (Wildman–Crippen LogP) is 5.68. The highest BCUT2D eigenvalue weighted by Gasteiger charge is 2.37. The van der Waals surface area contributed by atoms with E-state index in [4.69, 9.17) is 9.72 Å². The highest BCUT2D eigenvalue weighted by Crippen LogP contribution is 2.39. The van der Waals surface area contributed by atoms with Gasteiger partial charge in [0.05, 0.1) is 16.4 Å². The maximum absolute atomic E-state index is 13.2. The summed E-state index contributed by atoms with van der Waals surface area (Å²) in [4.78, 5) is 32.4. The van der Waals surface area contributed by atoms with Crippen molar-refractivity contribution in [3.05, 3.63) is 94.6 Å². The monoisotopic (exact) mass is 501 g/mol. The highest BCUT2D eigenvalue weighted by atomic mass is 32.1. The second-order valence-corrected chi connectivity index (χ2v) is 9.55. The van der Waals surface area contributed by atoms with Crippen LogP contribution in [0.25, 0.3) is 11.3 Å². The molecule has 0 radical (unpaired) electrons. The molecule has 0 saturated carbocycles. The number of nitrogens with zero attached hydrogens (tertiary/aromatic N) is 2. The van der Waals surface area contributed by atoms with Crippen molar-refractivity contribution in [3.63, 3.8) is 0 Å². The van der Waals surface area contributed by atoms with Crippen LogP contribution in [0.1, 0.15) is 24.4 Å². The van der Waals surface area contributed by atoms with E-state index >= 15 is 0 Å². The Labute approximate surface area is 212 Å². The molecule has 0 aliphatic carbocycles.